The quantitative estimate of drug-likeness (QED) is 0.138. The summed E-state index contributed by atoms with van der Waals surface area (Å²) >= 11 is 1.47. The van der Waals surface area contributed by atoms with Crippen molar-refractivity contribution in [3.63, 3.8) is 0 Å². The number of aryl methyl sites for hydroxylation is 1. The van der Waals surface area contributed by atoms with Gasteiger partial charge in [-0.1, -0.05) is 111 Å². The predicted molar refractivity (Wildman–Crippen MR) is 249 cm³/mol. The molecule has 3 aliphatic heterocycles. The molecule has 10 rings (SSSR count). The normalized spacial score (nSPS) is 23.5. The van der Waals surface area contributed by atoms with Gasteiger partial charge in [0.15, 0.2) is 0 Å². The Morgan fingerprint density at radius 3 is 2.36 bits per heavy atom. The van der Waals surface area contributed by atoms with Gasteiger partial charge >= 0.3 is 6.01 Å². The lowest BCUT2D eigenvalue weighted by molar-refractivity contribution is -0.000401. The zero-order valence-corrected chi connectivity index (χ0v) is 39.1. The standard InChI is InChI=1S/C49H55N9O4SSi/c1-46(2,3)64(34-17-8-6-9-18-34,35-19-10-7-11-20-35)62-47(4)30-57(26-27-59-31-47)44-53-41(42-52-43(61-56-42)48(5)23-14-22-38-39(48)36(28-50)40(51)63-38)54-45(55-44)60-32-49-24-15-25-58(49)29-33-16-12-13-21-37(33)49/h6-13,16-21H,14-15,22-27,29-32,51H2,1-5H3/t47?,48-,49?/m0/s1. The summed E-state index contributed by atoms with van der Waals surface area (Å²) < 4.78 is 27.1. The molecule has 3 aromatic heterocycles. The van der Waals surface area contributed by atoms with Gasteiger partial charge in [0, 0.05) is 23.5 Å². The van der Waals surface area contributed by atoms with Crippen LogP contribution in [0.1, 0.15) is 93.3 Å². The molecule has 0 spiro atoms. The minimum atomic E-state index is -3.01. The molecule has 0 radical (unpaired) electrons. The van der Waals surface area contributed by atoms with E-state index in [-0.39, 0.29) is 28.2 Å². The molecular formula is C49H55N9O4SSi. The average Bonchev–Trinajstić information content (AvgIpc) is 4.06. The number of ether oxygens (including phenoxy) is 2. The summed E-state index contributed by atoms with van der Waals surface area (Å²) in [5.41, 5.74) is 8.58. The first-order valence-electron chi connectivity index (χ1n) is 22.4. The number of thiophene rings is 1. The second kappa shape index (κ2) is 16.2. The average molecular weight is 894 g/mol. The maximum Gasteiger partial charge on any atom is 0.321 e. The Morgan fingerprint density at radius 2 is 1.62 bits per heavy atom. The van der Waals surface area contributed by atoms with Gasteiger partial charge in [0.05, 0.1) is 41.9 Å². The molecule has 2 fully saturated rings. The van der Waals surface area contributed by atoms with Gasteiger partial charge in [0.1, 0.15) is 17.7 Å². The fourth-order valence-electron chi connectivity index (χ4n) is 11.0. The molecule has 1 aliphatic carbocycles. The maximum absolute atomic E-state index is 10.2. The highest BCUT2D eigenvalue weighted by Gasteiger charge is 2.55. The molecule has 0 saturated carbocycles. The van der Waals surface area contributed by atoms with E-state index in [4.69, 9.17) is 44.1 Å². The van der Waals surface area contributed by atoms with Crippen LogP contribution in [0.2, 0.25) is 5.04 Å². The van der Waals surface area contributed by atoms with Crippen LogP contribution in [0.4, 0.5) is 10.9 Å². The van der Waals surface area contributed by atoms with Crippen LogP contribution in [0.25, 0.3) is 11.6 Å². The van der Waals surface area contributed by atoms with Crippen molar-refractivity contribution < 1.29 is 18.4 Å². The van der Waals surface area contributed by atoms with Crippen LogP contribution in [-0.4, -0.2) is 83.4 Å². The fourth-order valence-corrected chi connectivity index (χ4v) is 16.9. The lowest BCUT2D eigenvalue weighted by atomic mass is 9.72. The summed E-state index contributed by atoms with van der Waals surface area (Å²) in [5.74, 6) is 1.24. The second-order valence-electron chi connectivity index (χ2n) is 19.3. The molecule has 13 nitrogen and oxygen atoms in total. The van der Waals surface area contributed by atoms with E-state index < -0.39 is 19.3 Å². The number of fused-ring (bicyclic) bond motifs is 4. The second-order valence-corrected chi connectivity index (χ2v) is 24.7. The van der Waals surface area contributed by atoms with Crippen molar-refractivity contribution in [1.29, 1.82) is 5.26 Å². The summed E-state index contributed by atoms with van der Waals surface area (Å²) in [6, 6.07) is 32.6. The van der Waals surface area contributed by atoms with Crippen LogP contribution >= 0.6 is 11.3 Å². The van der Waals surface area contributed by atoms with Crippen molar-refractivity contribution in [3.05, 3.63) is 118 Å². The van der Waals surface area contributed by atoms with Gasteiger partial charge in [-0.25, -0.2) is 0 Å². The number of benzene rings is 3. The summed E-state index contributed by atoms with van der Waals surface area (Å²) in [6.45, 7) is 15.1. The summed E-state index contributed by atoms with van der Waals surface area (Å²) in [7, 11) is -3.01. The highest BCUT2D eigenvalue weighted by Crippen LogP contribution is 2.49. The summed E-state index contributed by atoms with van der Waals surface area (Å²) in [4.78, 5) is 25.8. The van der Waals surface area contributed by atoms with E-state index in [1.807, 2.05) is 0 Å². The van der Waals surface area contributed by atoms with Gasteiger partial charge in [0.2, 0.25) is 23.5 Å². The number of nitrogens with zero attached hydrogens (tertiary/aromatic N) is 8. The minimum Gasteiger partial charge on any atom is -0.461 e. The van der Waals surface area contributed by atoms with Gasteiger partial charge in [0.25, 0.3) is 8.32 Å². The maximum atomic E-state index is 10.2. The Balaban J connectivity index is 1.04. The van der Waals surface area contributed by atoms with Crippen LogP contribution in [0.5, 0.6) is 6.01 Å². The van der Waals surface area contributed by atoms with Gasteiger partial charge in [-0.3, -0.25) is 4.90 Å². The van der Waals surface area contributed by atoms with E-state index in [1.165, 1.54) is 32.8 Å². The minimum absolute atomic E-state index is 0.181. The molecule has 3 aromatic carbocycles. The molecule has 0 bridgehead atoms. The van der Waals surface area contributed by atoms with E-state index in [9.17, 15) is 5.26 Å². The Hall–Kier alpha value is -5.50. The van der Waals surface area contributed by atoms with Crippen molar-refractivity contribution in [3.8, 4) is 23.7 Å². The Bertz CT molecular complexity index is 2680. The first-order valence-corrected chi connectivity index (χ1v) is 25.1. The summed E-state index contributed by atoms with van der Waals surface area (Å²) in [5, 5.41) is 17.3. The van der Waals surface area contributed by atoms with E-state index in [2.05, 4.69) is 141 Å². The summed E-state index contributed by atoms with van der Waals surface area (Å²) in [6.07, 6.45) is 4.53. The lowest BCUT2D eigenvalue weighted by Crippen LogP contribution is -2.70. The SMILES string of the molecule is CC1(O[Si](c2ccccc2)(c2ccccc2)C(C)(C)C)COCCN(c2nc(OCC34CCCN3Cc3ccccc34)nc(-c3noc([C@@]4(C)CCCc5sc(N)c(C#N)c54)n3)n2)C1. The molecule has 2 N–H and O–H groups in total. The molecule has 64 heavy (non-hydrogen) atoms. The van der Waals surface area contributed by atoms with Crippen molar-refractivity contribution in [2.24, 2.45) is 0 Å². The Labute approximate surface area is 379 Å². The van der Waals surface area contributed by atoms with E-state index in [1.54, 1.807) is 0 Å². The zero-order valence-electron chi connectivity index (χ0n) is 37.3. The number of aromatic nitrogens is 5. The van der Waals surface area contributed by atoms with Crippen LogP contribution in [0.15, 0.2) is 89.5 Å². The van der Waals surface area contributed by atoms with Gasteiger partial charge < -0.3 is 29.1 Å². The third-order valence-corrected chi connectivity index (χ3v) is 20.2. The number of hydrogen-bond acceptors (Lipinski definition) is 14. The molecule has 3 atom stereocenters. The Morgan fingerprint density at radius 1 is 0.891 bits per heavy atom. The molecule has 2 saturated heterocycles. The predicted octanol–water partition coefficient (Wildman–Crippen LogP) is 7.13. The largest absolute Gasteiger partial charge is 0.461 e. The highest BCUT2D eigenvalue weighted by molar-refractivity contribution is 7.16. The van der Waals surface area contributed by atoms with Gasteiger partial charge in [-0.05, 0) is 79.0 Å². The molecule has 4 aliphatic rings. The molecule has 6 aromatic rings. The molecule has 6 heterocycles. The van der Waals surface area contributed by atoms with E-state index in [0.717, 1.165) is 55.6 Å². The monoisotopic (exact) mass is 893 g/mol. The molecule has 0 amide bonds. The molecule has 330 valence electrons. The highest BCUT2D eigenvalue weighted by atomic mass is 32.1. The number of nitriles is 1. The number of nitrogens with two attached hydrogens (primary N) is 1. The fraction of sp³-hybridized carbons (Fsp3) is 0.429. The topological polar surface area (TPSA) is 162 Å². The molecule has 15 heteroatoms. The van der Waals surface area contributed by atoms with Crippen LogP contribution in [-0.2, 0) is 33.1 Å². The van der Waals surface area contributed by atoms with Crippen molar-refractivity contribution in [1.82, 2.24) is 30.0 Å². The number of anilines is 2. The van der Waals surface area contributed by atoms with Crippen molar-refractivity contribution in [2.45, 2.75) is 94.9 Å². The number of hydrogen-bond donors (Lipinski definition) is 1. The number of nitrogen functional groups attached to an aromatic ring is 1. The third kappa shape index (κ3) is 7.10. The Kier molecular flexibility index (Phi) is 10.7. The third-order valence-electron chi connectivity index (χ3n) is 13.9. The first-order chi connectivity index (χ1) is 30.9. The van der Waals surface area contributed by atoms with Crippen LogP contribution in [0, 0.1) is 11.3 Å². The van der Waals surface area contributed by atoms with Gasteiger partial charge in [-0.15, -0.1) is 11.3 Å². The molecular weight excluding hydrogens is 839 g/mol. The van der Waals surface area contributed by atoms with Gasteiger partial charge in [-0.2, -0.15) is 25.2 Å². The van der Waals surface area contributed by atoms with E-state index in [0.29, 0.717) is 55.3 Å². The zero-order chi connectivity index (χ0) is 44.3. The number of rotatable bonds is 10. The van der Waals surface area contributed by atoms with Crippen molar-refractivity contribution in [2.75, 3.05) is 50.1 Å². The molecule has 2 unspecified atom stereocenters. The lowest BCUT2D eigenvalue weighted by Gasteiger charge is -2.48. The smallest absolute Gasteiger partial charge is 0.321 e. The van der Waals surface area contributed by atoms with Crippen molar-refractivity contribution >= 4 is 41.0 Å². The van der Waals surface area contributed by atoms with E-state index >= 15 is 0 Å². The first kappa shape index (κ1) is 42.4. The van der Waals surface area contributed by atoms with Crippen LogP contribution < -0.4 is 25.7 Å². The van der Waals surface area contributed by atoms with Crippen LogP contribution in [0.3, 0.4) is 0 Å².